The number of ether oxygens (including phenoxy) is 1. The zero-order valence-electron chi connectivity index (χ0n) is 13.0. The van der Waals surface area contributed by atoms with Crippen molar-refractivity contribution in [1.29, 1.82) is 0 Å². The van der Waals surface area contributed by atoms with E-state index in [2.05, 4.69) is 4.90 Å². The molecule has 0 radical (unpaired) electrons. The number of hydrogen-bond donors (Lipinski definition) is 0. The Morgan fingerprint density at radius 2 is 1.87 bits per heavy atom. The second kappa shape index (κ2) is 7.43. The summed E-state index contributed by atoms with van der Waals surface area (Å²) in [5.41, 5.74) is 0.926. The molecular weight excluding hydrogens is 316 g/mol. The molecule has 1 aromatic carbocycles. The van der Waals surface area contributed by atoms with Gasteiger partial charge in [-0.3, -0.25) is 19.4 Å². The molecule has 23 heavy (non-hydrogen) atoms. The molecule has 1 unspecified atom stereocenters. The fourth-order valence-corrected chi connectivity index (χ4v) is 3.35. The molecule has 1 aromatic rings. The summed E-state index contributed by atoms with van der Waals surface area (Å²) in [6.45, 7) is 4.35. The lowest BCUT2D eigenvalue weighted by atomic mass is 9.98. The van der Waals surface area contributed by atoms with Crippen molar-refractivity contribution in [3.05, 3.63) is 34.9 Å². The normalized spacial score (nSPS) is 22.8. The summed E-state index contributed by atoms with van der Waals surface area (Å²) < 4.78 is 5.31. The van der Waals surface area contributed by atoms with Gasteiger partial charge in [-0.05, 0) is 18.1 Å². The molecule has 1 atom stereocenters. The molecule has 2 saturated heterocycles. The Labute approximate surface area is 141 Å². The first-order chi connectivity index (χ1) is 11.1. The van der Waals surface area contributed by atoms with Gasteiger partial charge in [-0.1, -0.05) is 29.8 Å². The second-order valence-corrected chi connectivity index (χ2v) is 6.44. The highest BCUT2D eigenvalue weighted by atomic mass is 35.5. The van der Waals surface area contributed by atoms with Gasteiger partial charge in [-0.25, -0.2) is 0 Å². The maximum absolute atomic E-state index is 12.5. The number of hydrogen-bond acceptors (Lipinski definition) is 4. The van der Waals surface area contributed by atoms with Crippen molar-refractivity contribution in [2.75, 3.05) is 39.4 Å². The maximum atomic E-state index is 12.5. The monoisotopic (exact) mass is 336 g/mol. The summed E-state index contributed by atoms with van der Waals surface area (Å²) in [4.78, 5) is 28.3. The van der Waals surface area contributed by atoms with E-state index in [9.17, 15) is 9.59 Å². The lowest BCUT2D eigenvalue weighted by Gasteiger charge is -2.28. The molecule has 0 saturated carbocycles. The first-order valence-electron chi connectivity index (χ1n) is 8.03. The molecule has 0 aliphatic carbocycles. The predicted octanol–water partition coefficient (Wildman–Crippen LogP) is 1.59. The lowest BCUT2D eigenvalue weighted by molar-refractivity contribution is -0.139. The molecule has 6 heteroatoms. The van der Waals surface area contributed by atoms with E-state index in [-0.39, 0.29) is 24.2 Å². The summed E-state index contributed by atoms with van der Waals surface area (Å²) in [5.74, 6) is -0.421. The Morgan fingerprint density at radius 3 is 2.61 bits per heavy atom. The van der Waals surface area contributed by atoms with Crippen molar-refractivity contribution >= 4 is 23.4 Å². The smallest absolute Gasteiger partial charge is 0.233 e. The van der Waals surface area contributed by atoms with E-state index in [1.165, 1.54) is 4.90 Å². The fourth-order valence-electron chi connectivity index (χ4n) is 3.14. The van der Waals surface area contributed by atoms with Gasteiger partial charge in [-0.2, -0.15) is 0 Å². The summed E-state index contributed by atoms with van der Waals surface area (Å²) in [7, 11) is 0. The van der Waals surface area contributed by atoms with Crippen molar-refractivity contribution < 1.29 is 14.3 Å². The number of carbonyl (C=O) groups is 2. The van der Waals surface area contributed by atoms with Crippen LogP contribution in [-0.4, -0.2) is 61.0 Å². The highest BCUT2D eigenvalue weighted by Crippen LogP contribution is 2.26. The molecule has 2 amide bonds. The van der Waals surface area contributed by atoms with Gasteiger partial charge in [0.25, 0.3) is 0 Å². The van der Waals surface area contributed by atoms with Gasteiger partial charge in [-0.15, -0.1) is 0 Å². The number of halogens is 1. The minimum Gasteiger partial charge on any atom is -0.379 e. The first kappa shape index (κ1) is 16.4. The second-order valence-electron chi connectivity index (χ2n) is 6.03. The van der Waals surface area contributed by atoms with E-state index < -0.39 is 0 Å². The highest BCUT2D eigenvalue weighted by Gasteiger charge is 2.38. The van der Waals surface area contributed by atoms with Crippen LogP contribution in [0.2, 0.25) is 5.02 Å². The molecule has 5 nitrogen and oxygen atoms in total. The quantitative estimate of drug-likeness (QED) is 0.766. The Hall–Kier alpha value is -1.43. The van der Waals surface area contributed by atoms with E-state index in [1.54, 1.807) is 0 Å². The summed E-state index contributed by atoms with van der Waals surface area (Å²) in [6, 6.07) is 7.49. The van der Waals surface area contributed by atoms with Crippen LogP contribution in [0.25, 0.3) is 0 Å². The van der Waals surface area contributed by atoms with Crippen molar-refractivity contribution in [3.63, 3.8) is 0 Å². The van der Waals surface area contributed by atoms with Crippen molar-refractivity contribution in [2.24, 2.45) is 5.92 Å². The molecule has 2 fully saturated rings. The minimum absolute atomic E-state index is 0.0665. The number of morpholine rings is 1. The lowest BCUT2D eigenvalue weighted by Crippen LogP contribution is -2.43. The number of rotatable bonds is 5. The zero-order chi connectivity index (χ0) is 16.2. The van der Waals surface area contributed by atoms with Crippen LogP contribution in [0, 0.1) is 5.92 Å². The van der Waals surface area contributed by atoms with Crippen LogP contribution in [0.5, 0.6) is 0 Å². The number of nitrogens with zero attached hydrogens (tertiary/aromatic N) is 2. The van der Waals surface area contributed by atoms with Gasteiger partial charge in [0.15, 0.2) is 0 Å². The first-order valence-corrected chi connectivity index (χ1v) is 8.40. The molecule has 2 aliphatic heterocycles. The maximum Gasteiger partial charge on any atom is 0.233 e. The topological polar surface area (TPSA) is 49.9 Å². The number of imide groups is 1. The van der Waals surface area contributed by atoms with Gasteiger partial charge < -0.3 is 4.74 Å². The Balaban J connectivity index is 1.57. The zero-order valence-corrected chi connectivity index (χ0v) is 13.8. The van der Waals surface area contributed by atoms with Crippen LogP contribution in [-0.2, 0) is 20.7 Å². The van der Waals surface area contributed by atoms with Crippen LogP contribution in [0.3, 0.4) is 0 Å². The molecule has 0 bridgehead atoms. The molecule has 0 N–H and O–H groups in total. The molecule has 2 heterocycles. The van der Waals surface area contributed by atoms with E-state index in [1.807, 2.05) is 24.3 Å². The number of likely N-dealkylation sites (tertiary alicyclic amines) is 1. The summed E-state index contributed by atoms with van der Waals surface area (Å²) in [5, 5.41) is 0.652. The molecule has 3 rings (SSSR count). The Morgan fingerprint density at radius 1 is 1.13 bits per heavy atom. The molecule has 0 aromatic heterocycles. The van der Waals surface area contributed by atoms with Gasteiger partial charge in [0, 0.05) is 37.6 Å². The van der Waals surface area contributed by atoms with E-state index in [0.29, 0.717) is 18.0 Å². The minimum atomic E-state index is -0.285. The largest absolute Gasteiger partial charge is 0.379 e. The third-order valence-corrected chi connectivity index (χ3v) is 4.87. The average molecular weight is 337 g/mol. The van der Waals surface area contributed by atoms with Crippen molar-refractivity contribution in [2.45, 2.75) is 12.8 Å². The van der Waals surface area contributed by atoms with Crippen molar-refractivity contribution in [3.8, 4) is 0 Å². The molecule has 0 spiro atoms. The van der Waals surface area contributed by atoms with Gasteiger partial charge in [0.2, 0.25) is 11.8 Å². The number of carbonyl (C=O) groups excluding carboxylic acids is 2. The van der Waals surface area contributed by atoms with E-state index in [4.69, 9.17) is 16.3 Å². The Bertz CT molecular complexity index is 587. The van der Waals surface area contributed by atoms with Gasteiger partial charge >= 0.3 is 0 Å². The SMILES string of the molecule is O=C1CC(Cc2ccccc2Cl)C(=O)N1CCN1CCOCC1. The van der Waals surface area contributed by atoms with Crippen LogP contribution < -0.4 is 0 Å². The van der Waals surface area contributed by atoms with Gasteiger partial charge in [0.05, 0.1) is 19.1 Å². The van der Waals surface area contributed by atoms with Crippen LogP contribution in [0.1, 0.15) is 12.0 Å². The average Bonchev–Trinajstić information content (AvgIpc) is 2.82. The number of amides is 2. The number of benzene rings is 1. The third kappa shape index (κ3) is 3.91. The fraction of sp³-hybridized carbons (Fsp3) is 0.529. The standard InChI is InChI=1S/C17H21ClN2O3/c18-15-4-2-1-3-13(15)11-14-12-16(21)20(17(14)22)6-5-19-7-9-23-10-8-19/h1-4,14H,5-12H2. The van der Waals surface area contributed by atoms with E-state index in [0.717, 1.165) is 38.4 Å². The van der Waals surface area contributed by atoms with Crippen LogP contribution >= 0.6 is 11.6 Å². The van der Waals surface area contributed by atoms with Crippen LogP contribution in [0.4, 0.5) is 0 Å². The molecule has 2 aliphatic rings. The van der Waals surface area contributed by atoms with E-state index >= 15 is 0 Å². The third-order valence-electron chi connectivity index (χ3n) is 4.51. The molecule has 124 valence electrons. The predicted molar refractivity (Wildman–Crippen MR) is 87.2 cm³/mol. The summed E-state index contributed by atoms with van der Waals surface area (Å²) >= 11 is 6.16. The van der Waals surface area contributed by atoms with Crippen LogP contribution in [0.15, 0.2) is 24.3 Å². The summed E-state index contributed by atoms with van der Waals surface area (Å²) in [6.07, 6.45) is 0.811. The van der Waals surface area contributed by atoms with Crippen molar-refractivity contribution in [1.82, 2.24) is 9.80 Å². The molecular formula is C17H21ClN2O3. The highest BCUT2D eigenvalue weighted by molar-refractivity contribution is 6.31. The van der Waals surface area contributed by atoms with Gasteiger partial charge in [0.1, 0.15) is 0 Å². The Kier molecular flexibility index (Phi) is 5.30.